The van der Waals surface area contributed by atoms with E-state index < -0.39 is 21.8 Å². The number of carboxylic acid groups (broad SMARTS) is 1. The van der Waals surface area contributed by atoms with Gasteiger partial charge < -0.3 is 31.3 Å². The number of aliphatic hydroxyl groups excluding tert-OH is 2. The van der Waals surface area contributed by atoms with Crippen molar-refractivity contribution in [2.24, 2.45) is 91.7 Å². The maximum absolute atomic E-state index is 13.4. The molecule has 0 aromatic rings. The molecule has 0 bridgehead atoms. The number of nitrogens with one attached hydrogen (secondary N) is 3. The lowest BCUT2D eigenvalue weighted by Gasteiger charge is -2.62. The summed E-state index contributed by atoms with van der Waals surface area (Å²) in [4.78, 5) is 50.7. The van der Waals surface area contributed by atoms with Gasteiger partial charge in [0.1, 0.15) is 0 Å². The number of carbonyl (C=O) groups is 4. The van der Waals surface area contributed by atoms with Crippen LogP contribution in [0.25, 0.3) is 0 Å². The Kier molecular flexibility index (Phi) is 14.4. The highest BCUT2D eigenvalue weighted by Gasteiger charge is 2.86. The van der Waals surface area contributed by atoms with E-state index in [-0.39, 0.29) is 87.5 Å². The van der Waals surface area contributed by atoms with E-state index in [1.54, 1.807) is 0 Å². The molecule has 9 rings (SSSR count). The van der Waals surface area contributed by atoms with Crippen molar-refractivity contribution in [2.45, 2.75) is 220 Å². The molecule has 9 saturated carbocycles. The van der Waals surface area contributed by atoms with Crippen molar-refractivity contribution in [1.29, 1.82) is 0 Å². The van der Waals surface area contributed by atoms with E-state index in [0.717, 1.165) is 122 Å². The van der Waals surface area contributed by atoms with E-state index in [2.05, 4.69) is 57.5 Å². The van der Waals surface area contributed by atoms with Crippen molar-refractivity contribution in [2.75, 3.05) is 12.3 Å². The highest BCUT2D eigenvalue weighted by molar-refractivity contribution is 7.85. The summed E-state index contributed by atoms with van der Waals surface area (Å²) in [7, 11) is -4.12. The van der Waals surface area contributed by atoms with Crippen molar-refractivity contribution in [1.82, 2.24) is 16.0 Å². The third-order valence-corrected chi connectivity index (χ3v) is 24.9. The molecular weight excluding hydrogens is 907 g/mol. The molecule has 9 aliphatic carbocycles. The molecule has 0 aromatic heterocycles. The minimum atomic E-state index is -4.12. The number of fused-ring (bicyclic) bond motifs is 7. The SMILES string of the molecule is C[C@H](CCC(=O)O)[C@H]1CC[C@H]2[C@@H]3[C@@H](O)CC4C[C@H](NC(=O)CCCC(=O)N[C@H]5CC[C@]6(C)C(C5)C[C@@H](O)[C@]57CC58CC[C@@H]([C@@H](C)CCC(=O)NCCS(=O)(=O)O)[C@]8(C)CC[C@H]76)CC[C@]4(C)[C@H]3CC[C@]12C. The number of carboxylic acids is 1. The van der Waals surface area contributed by atoms with Gasteiger partial charge in [-0.1, -0.05) is 41.5 Å². The molecule has 0 aromatic carbocycles. The van der Waals surface area contributed by atoms with Gasteiger partial charge >= 0.3 is 5.97 Å². The predicted octanol–water partition coefficient (Wildman–Crippen LogP) is 8.45. The Morgan fingerprint density at radius 3 is 1.90 bits per heavy atom. The third kappa shape index (κ3) is 8.91. The molecule has 396 valence electrons. The topological polar surface area (TPSA) is 219 Å². The van der Waals surface area contributed by atoms with E-state index in [9.17, 15) is 42.9 Å². The normalized spacial score (nSPS) is 46.5. The summed E-state index contributed by atoms with van der Waals surface area (Å²) in [5, 5.41) is 42.9. The zero-order chi connectivity index (χ0) is 50.4. The number of aliphatic hydroxyl groups is 2. The van der Waals surface area contributed by atoms with E-state index in [1.807, 2.05) is 0 Å². The minimum absolute atomic E-state index is 0.0107. The van der Waals surface area contributed by atoms with Crippen molar-refractivity contribution in [3.8, 4) is 0 Å². The van der Waals surface area contributed by atoms with E-state index >= 15 is 0 Å². The van der Waals surface area contributed by atoms with Gasteiger partial charge in [0.15, 0.2) is 0 Å². The fourth-order valence-corrected chi connectivity index (χ4v) is 21.0. The number of hydrogen-bond donors (Lipinski definition) is 7. The van der Waals surface area contributed by atoms with Gasteiger partial charge in [-0.25, -0.2) is 0 Å². The first-order chi connectivity index (χ1) is 32.9. The van der Waals surface area contributed by atoms with Crippen molar-refractivity contribution in [3.05, 3.63) is 0 Å². The summed E-state index contributed by atoms with van der Waals surface area (Å²) in [5.74, 6) is 2.71. The number of carbonyl (C=O) groups excluding carboxylic acids is 3. The molecule has 20 atom stereocenters. The Balaban J connectivity index is 0.713. The largest absolute Gasteiger partial charge is 0.481 e. The summed E-state index contributed by atoms with van der Waals surface area (Å²) < 4.78 is 31.2. The molecule has 70 heavy (non-hydrogen) atoms. The highest BCUT2D eigenvalue weighted by Crippen LogP contribution is 2.90. The van der Waals surface area contributed by atoms with E-state index in [4.69, 9.17) is 4.55 Å². The van der Waals surface area contributed by atoms with E-state index in [0.29, 0.717) is 84.9 Å². The van der Waals surface area contributed by atoms with Crippen molar-refractivity contribution in [3.63, 3.8) is 0 Å². The standard InChI is InChI=1S/C56H91N3O10S/c1-33(11-15-49(65)66)39-12-13-41-50-42(18-23-53(39,41)5)51(3)21-16-37(28-35(51)30-43(50)60)58-47(63)8-7-9-48(64)59-38-17-22-52(4)36(29-38)31-45(61)56-32-55(56)25-19-40(54(55,6)24-20-44(52)56)34(2)10-14-46(62)57-26-27-70(67,68)69/h33-45,50,60-61H,7-32H2,1-6H3,(H,57,62)(H,58,63)(H,59,64)(H,65,66)(H,67,68,69)/t33-,34+,35?,36?,37-,38+,39-,40+,41+,42+,43+,44+,45-,50+,51+,52-,53-,54+,55?,56-/m1/s1. The summed E-state index contributed by atoms with van der Waals surface area (Å²) in [6.45, 7) is 14.3. The predicted molar refractivity (Wildman–Crippen MR) is 267 cm³/mol. The molecule has 13 nitrogen and oxygen atoms in total. The number of rotatable bonds is 17. The molecule has 0 saturated heterocycles. The molecule has 0 heterocycles. The second-order valence-corrected chi connectivity index (χ2v) is 28.5. The fourth-order valence-electron chi connectivity index (χ4n) is 20.7. The van der Waals surface area contributed by atoms with E-state index in [1.165, 1.54) is 0 Å². The van der Waals surface area contributed by atoms with Gasteiger partial charge in [-0.3, -0.25) is 23.7 Å². The summed E-state index contributed by atoms with van der Waals surface area (Å²) in [6, 6.07) is 0.166. The number of hydrogen-bond acceptors (Lipinski definition) is 8. The van der Waals surface area contributed by atoms with Crippen LogP contribution in [0.15, 0.2) is 0 Å². The Morgan fingerprint density at radius 2 is 1.24 bits per heavy atom. The van der Waals surface area contributed by atoms with Gasteiger partial charge in [0.25, 0.3) is 10.1 Å². The highest BCUT2D eigenvalue weighted by atomic mass is 32.2. The Hall–Kier alpha value is -2.29. The van der Waals surface area contributed by atoms with Gasteiger partial charge in [0.05, 0.1) is 18.0 Å². The molecule has 3 amide bonds. The van der Waals surface area contributed by atoms with Crippen LogP contribution in [0.5, 0.6) is 0 Å². The summed E-state index contributed by atoms with van der Waals surface area (Å²) in [6.07, 6.45) is 19.9. The summed E-state index contributed by atoms with van der Waals surface area (Å²) in [5.41, 5.74) is 0.570. The Labute approximate surface area is 419 Å². The van der Waals surface area contributed by atoms with Gasteiger partial charge in [-0.2, -0.15) is 8.42 Å². The van der Waals surface area contributed by atoms with Crippen LogP contribution in [0.4, 0.5) is 0 Å². The van der Waals surface area contributed by atoms with Gasteiger partial charge in [0, 0.05) is 49.7 Å². The average molecular weight is 998 g/mol. The first kappa shape index (κ1) is 52.6. The zero-order valence-electron chi connectivity index (χ0n) is 43.6. The summed E-state index contributed by atoms with van der Waals surface area (Å²) >= 11 is 0. The van der Waals surface area contributed by atoms with Crippen LogP contribution in [0, 0.1) is 91.7 Å². The lowest BCUT2D eigenvalue weighted by atomic mass is 9.43. The maximum atomic E-state index is 13.4. The van der Waals surface area contributed by atoms with Gasteiger partial charge in [-0.15, -0.1) is 0 Å². The molecule has 2 spiro atoms. The Bertz CT molecular complexity index is 2120. The zero-order valence-corrected chi connectivity index (χ0v) is 44.4. The lowest BCUT2D eigenvalue weighted by molar-refractivity contribution is -0.171. The second-order valence-electron chi connectivity index (χ2n) is 26.9. The minimum Gasteiger partial charge on any atom is -0.481 e. The molecule has 0 radical (unpaired) electrons. The number of amides is 3. The molecule has 9 aliphatic rings. The van der Waals surface area contributed by atoms with Crippen molar-refractivity contribution >= 4 is 33.8 Å². The van der Waals surface area contributed by atoms with Crippen molar-refractivity contribution < 1.29 is 47.5 Å². The number of aliphatic carboxylic acids is 1. The average Bonchev–Trinajstić information content (AvgIpc) is 3.72. The van der Waals surface area contributed by atoms with Crippen LogP contribution in [-0.4, -0.2) is 88.6 Å². The monoisotopic (exact) mass is 998 g/mol. The van der Waals surface area contributed by atoms with Crippen LogP contribution in [0.3, 0.4) is 0 Å². The smallest absolute Gasteiger partial charge is 0.303 e. The first-order valence-corrected chi connectivity index (χ1v) is 29.9. The lowest BCUT2D eigenvalue weighted by Crippen LogP contribution is -2.60. The second kappa shape index (κ2) is 19.1. The van der Waals surface area contributed by atoms with Crippen LogP contribution in [0.2, 0.25) is 0 Å². The Morgan fingerprint density at radius 1 is 0.643 bits per heavy atom. The quantitative estimate of drug-likeness (QED) is 0.0690. The maximum Gasteiger partial charge on any atom is 0.303 e. The van der Waals surface area contributed by atoms with Crippen LogP contribution >= 0.6 is 0 Å². The third-order valence-electron chi connectivity index (χ3n) is 24.2. The molecule has 3 unspecified atom stereocenters. The molecule has 14 heteroatoms. The first-order valence-electron chi connectivity index (χ1n) is 28.3. The fraction of sp³-hybridized carbons (Fsp3) is 0.929. The molecule has 9 fully saturated rings. The van der Waals surface area contributed by atoms with Gasteiger partial charge in [0.2, 0.25) is 17.7 Å². The molecule has 0 aliphatic heterocycles. The molecule has 7 N–H and O–H groups in total. The van der Waals surface area contributed by atoms with Gasteiger partial charge in [-0.05, 0) is 215 Å². The van der Waals surface area contributed by atoms with Crippen LogP contribution in [-0.2, 0) is 29.3 Å². The van der Waals surface area contributed by atoms with Crippen LogP contribution in [0.1, 0.15) is 196 Å². The van der Waals surface area contributed by atoms with Crippen LogP contribution < -0.4 is 16.0 Å². The molecular formula is C56H91N3O10S.